The predicted molar refractivity (Wildman–Crippen MR) is 120 cm³/mol. The van der Waals surface area contributed by atoms with E-state index < -0.39 is 22.5 Å². The zero-order chi connectivity index (χ0) is 21.0. The fraction of sp³-hybridized carbons (Fsp3) is 0.0500. The smallest absolute Gasteiger partial charge is 0.264 e. The third kappa shape index (κ3) is 5.51. The van der Waals surface area contributed by atoms with Gasteiger partial charge in [0.25, 0.3) is 10.0 Å². The highest BCUT2D eigenvalue weighted by atomic mass is 79.9. The van der Waals surface area contributed by atoms with Crippen LogP contribution >= 0.6 is 39.1 Å². The molecule has 0 aliphatic heterocycles. The van der Waals surface area contributed by atoms with E-state index in [0.717, 1.165) is 4.31 Å². The Bertz CT molecular complexity index is 1120. The molecule has 150 valence electrons. The van der Waals surface area contributed by atoms with Crippen LogP contribution in [0.3, 0.4) is 0 Å². The first kappa shape index (κ1) is 21.6. The van der Waals surface area contributed by atoms with Crippen molar-refractivity contribution < 1.29 is 13.2 Å². The van der Waals surface area contributed by atoms with Gasteiger partial charge >= 0.3 is 0 Å². The lowest BCUT2D eigenvalue weighted by Gasteiger charge is -2.24. The summed E-state index contributed by atoms with van der Waals surface area (Å²) in [5.74, 6) is -0.539. The van der Waals surface area contributed by atoms with Crippen molar-refractivity contribution in [1.82, 2.24) is 0 Å². The van der Waals surface area contributed by atoms with Crippen LogP contribution in [0.4, 0.5) is 11.4 Å². The predicted octanol–water partition coefficient (Wildman–Crippen LogP) is 5.59. The SMILES string of the molecule is O=C(CN(c1cccc(Br)c1)S(=O)(=O)c1ccccc1)Nc1cc(Cl)cc(Cl)c1. The molecule has 1 N–H and O–H groups in total. The van der Waals surface area contributed by atoms with Crippen molar-refractivity contribution in [2.45, 2.75) is 4.90 Å². The summed E-state index contributed by atoms with van der Waals surface area (Å²) in [6, 6.07) is 19.2. The fourth-order valence-corrected chi connectivity index (χ4v) is 4.97. The monoisotopic (exact) mass is 512 g/mol. The molecule has 0 unspecified atom stereocenters. The van der Waals surface area contributed by atoms with Crippen molar-refractivity contribution in [3.05, 3.63) is 87.3 Å². The summed E-state index contributed by atoms with van der Waals surface area (Å²) in [5.41, 5.74) is 0.723. The van der Waals surface area contributed by atoms with Crippen molar-refractivity contribution in [1.29, 1.82) is 0 Å². The highest BCUT2D eigenvalue weighted by Crippen LogP contribution is 2.27. The van der Waals surface area contributed by atoms with Gasteiger partial charge in [-0.15, -0.1) is 0 Å². The second-order valence-corrected chi connectivity index (χ2v) is 9.66. The van der Waals surface area contributed by atoms with Gasteiger partial charge in [-0.2, -0.15) is 0 Å². The Labute approximate surface area is 187 Å². The molecule has 3 aromatic rings. The number of sulfonamides is 1. The van der Waals surface area contributed by atoms with Gasteiger partial charge in [0.05, 0.1) is 10.6 Å². The number of hydrogen-bond donors (Lipinski definition) is 1. The molecular weight excluding hydrogens is 499 g/mol. The molecule has 3 rings (SSSR count). The molecule has 0 aromatic heterocycles. The molecule has 1 amide bonds. The largest absolute Gasteiger partial charge is 0.324 e. The molecule has 0 saturated heterocycles. The van der Waals surface area contributed by atoms with Crippen molar-refractivity contribution in [3.8, 4) is 0 Å². The van der Waals surface area contributed by atoms with Crippen LogP contribution in [0.1, 0.15) is 0 Å². The van der Waals surface area contributed by atoms with E-state index in [9.17, 15) is 13.2 Å². The third-order valence-electron chi connectivity index (χ3n) is 3.86. The van der Waals surface area contributed by atoms with E-state index in [2.05, 4.69) is 21.2 Å². The van der Waals surface area contributed by atoms with Crippen LogP contribution in [0.25, 0.3) is 0 Å². The first-order valence-electron chi connectivity index (χ1n) is 8.35. The van der Waals surface area contributed by atoms with Gasteiger partial charge < -0.3 is 5.32 Å². The molecule has 9 heteroatoms. The molecule has 0 aliphatic rings. The number of nitrogens with zero attached hydrogens (tertiary/aromatic N) is 1. The Morgan fingerprint density at radius 3 is 2.21 bits per heavy atom. The summed E-state index contributed by atoms with van der Waals surface area (Å²) in [5, 5.41) is 3.35. The number of carbonyl (C=O) groups is 1. The minimum atomic E-state index is -3.98. The Balaban J connectivity index is 1.94. The molecule has 0 bridgehead atoms. The van der Waals surface area contributed by atoms with Crippen LogP contribution in [0, 0.1) is 0 Å². The maximum absolute atomic E-state index is 13.2. The zero-order valence-corrected chi connectivity index (χ0v) is 18.8. The summed E-state index contributed by atoms with van der Waals surface area (Å²) in [6.45, 7) is -0.433. The van der Waals surface area contributed by atoms with Gasteiger partial charge in [-0.25, -0.2) is 8.42 Å². The molecule has 0 saturated carbocycles. The quantitative estimate of drug-likeness (QED) is 0.467. The lowest BCUT2D eigenvalue weighted by Crippen LogP contribution is -2.38. The van der Waals surface area contributed by atoms with Gasteiger partial charge in [-0.1, -0.05) is 63.4 Å². The van der Waals surface area contributed by atoms with E-state index in [4.69, 9.17) is 23.2 Å². The third-order valence-corrected chi connectivity index (χ3v) is 6.58. The highest BCUT2D eigenvalue weighted by molar-refractivity contribution is 9.10. The molecule has 3 aromatic carbocycles. The number of carbonyl (C=O) groups excluding carboxylic acids is 1. The molecule has 0 heterocycles. The number of rotatable bonds is 6. The maximum atomic E-state index is 13.2. The van der Waals surface area contributed by atoms with Gasteiger partial charge in [0.1, 0.15) is 6.54 Å². The van der Waals surface area contributed by atoms with Gasteiger partial charge in [0.15, 0.2) is 0 Å². The molecule has 0 spiro atoms. The molecule has 5 nitrogen and oxygen atoms in total. The first-order chi connectivity index (χ1) is 13.8. The Morgan fingerprint density at radius 1 is 0.931 bits per heavy atom. The van der Waals surface area contributed by atoms with Crippen LogP contribution in [0.15, 0.2) is 82.2 Å². The van der Waals surface area contributed by atoms with E-state index in [1.165, 1.54) is 30.3 Å². The van der Waals surface area contributed by atoms with E-state index in [1.54, 1.807) is 42.5 Å². The van der Waals surface area contributed by atoms with Crippen LogP contribution in [0.5, 0.6) is 0 Å². The normalized spacial score (nSPS) is 11.1. The van der Waals surface area contributed by atoms with Crippen molar-refractivity contribution >= 4 is 66.4 Å². The molecule has 0 radical (unpaired) electrons. The van der Waals surface area contributed by atoms with Gasteiger partial charge in [0.2, 0.25) is 5.91 Å². The van der Waals surface area contributed by atoms with Crippen LogP contribution in [0.2, 0.25) is 10.0 Å². The summed E-state index contributed by atoms with van der Waals surface area (Å²) < 4.78 is 28.2. The average molecular weight is 514 g/mol. The van der Waals surface area contributed by atoms with E-state index in [-0.39, 0.29) is 4.90 Å². The Hall–Kier alpha value is -2.06. The number of nitrogens with one attached hydrogen (secondary N) is 1. The second-order valence-electron chi connectivity index (χ2n) is 6.01. The van der Waals surface area contributed by atoms with Crippen molar-refractivity contribution in [2.75, 3.05) is 16.2 Å². The lowest BCUT2D eigenvalue weighted by molar-refractivity contribution is -0.114. The van der Waals surface area contributed by atoms with Crippen LogP contribution in [-0.4, -0.2) is 20.9 Å². The minimum Gasteiger partial charge on any atom is -0.324 e. The van der Waals surface area contributed by atoms with E-state index in [1.807, 2.05) is 0 Å². The van der Waals surface area contributed by atoms with Gasteiger partial charge in [0, 0.05) is 20.2 Å². The van der Waals surface area contributed by atoms with E-state index >= 15 is 0 Å². The molecule has 0 aliphatic carbocycles. The molecular formula is C20H15BrCl2N2O3S. The van der Waals surface area contributed by atoms with Gasteiger partial charge in [-0.3, -0.25) is 9.10 Å². The summed E-state index contributed by atoms with van der Waals surface area (Å²) in [4.78, 5) is 12.7. The number of amides is 1. The van der Waals surface area contributed by atoms with Crippen molar-refractivity contribution in [3.63, 3.8) is 0 Å². The summed E-state index contributed by atoms with van der Waals surface area (Å²) in [6.07, 6.45) is 0. The highest BCUT2D eigenvalue weighted by Gasteiger charge is 2.27. The van der Waals surface area contributed by atoms with E-state index in [0.29, 0.717) is 25.9 Å². The number of hydrogen-bond acceptors (Lipinski definition) is 3. The topological polar surface area (TPSA) is 66.5 Å². The number of anilines is 2. The van der Waals surface area contributed by atoms with Crippen molar-refractivity contribution in [2.24, 2.45) is 0 Å². The summed E-state index contributed by atoms with van der Waals surface area (Å²) >= 11 is 15.3. The molecule has 0 fully saturated rings. The standard InChI is InChI=1S/C20H15BrCl2N2O3S/c21-14-5-4-6-18(9-14)25(29(27,28)19-7-2-1-3-8-19)13-20(26)24-17-11-15(22)10-16(23)12-17/h1-12H,13H2,(H,24,26). The number of benzene rings is 3. The van der Waals surface area contributed by atoms with Crippen LogP contribution < -0.4 is 9.62 Å². The fourth-order valence-electron chi connectivity index (χ4n) is 2.62. The molecule has 0 atom stereocenters. The molecule has 29 heavy (non-hydrogen) atoms. The average Bonchev–Trinajstić information content (AvgIpc) is 2.66. The van der Waals surface area contributed by atoms with Crippen LogP contribution in [-0.2, 0) is 14.8 Å². The maximum Gasteiger partial charge on any atom is 0.264 e. The Morgan fingerprint density at radius 2 is 1.59 bits per heavy atom. The lowest BCUT2D eigenvalue weighted by atomic mass is 10.3. The van der Waals surface area contributed by atoms with Gasteiger partial charge in [-0.05, 0) is 48.5 Å². The first-order valence-corrected chi connectivity index (χ1v) is 11.3. The second kappa shape index (κ2) is 9.17. The summed E-state index contributed by atoms with van der Waals surface area (Å²) in [7, 11) is -3.98. The zero-order valence-electron chi connectivity index (χ0n) is 14.8. The Kier molecular flexibility index (Phi) is 6.85. The minimum absolute atomic E-state index is 0.0820. The number of halogens is 3.